The summed E-state index contributed by atoms with van der Waals surface area (Å²) in [6.07, 6.45) is 8.87. The van der Waals surface area contributed by atoms with Crippen molar-refractivity contribution in [2.75, 3.05) is 45.0 Å². The molecule has 35 heavy (non-hydrogen) atoms. The second kappa shape index (κ2) is 12.8. The Hall–Kier alpha value is -3.48. The van der Waals surface area contributed by atoms with E-state index >= 15 is 0 Å². The summed E-state index contributed by atoms with van der Waals surface area (Å²) < 4.78 is 0. The maximum atomic E-state index is 12.0. The molecule has 1 aromatic heterocycles. The largest absolute Gasteiger partial charge is 0.399 e. The smallest absolute Gasteiger partial charge is 0.243 e. The Kier molecular flexibility index (Phi) is 9.04. The minimum absolute atomic E-state index is 0.0583. The molecular weight excluding hydrogens is 434 g/mol. The van der Waals surface area contributed by atoms with Gasteiger partial charge in [-0.2, -0.15) is 0 Å². The highest BCUT2D eigenvalue weighted by atomic mass is 16.1. The van der Waals surface area contributed by atoms with Crippen LogP contribution < -0.4 is 11.1 Å². The molecule has 0 radical (unpaired) electrons. The summed E-state index contributed by atoms with van der Waals surface area (Å²) in [5.41, 5.74) is 10.3. The number of pyridine rings is 1. The molecule has 182 valence electrons. The molecule has 0 bridgehead atoms. The van der Waals surface area contributed by atoms with Crippen LogP contribution in [0.5, 0.6) is 0 Å². The van der Waals surface area contributed by atoms with Crippen molar-refractivity contribution in [1.82, 2.24) is 20.1 Å². The molecular formula is C29H35N5O. The lowest BCUT2D eigenvalue weighted by molar-refractivity contribution is -0.116. The maximum absolute atomic E-state index is 12.0. The number of piperazine rings is 1. The molecule has 1 atom stereocenters. The number of nitrogens with zero attached hydrogens (tertiary/aromatic N) is 3. The number of carbonyl (C=O) groups is 1. The zero-order chi connectivity index (χ0) is 24.3. The Balaban J connectivity index is 1.20. The average molecular weight is 470 g/mol. The van der Waals surface area contributed by atoms with Crippen LogP contribution in [-0.2, 0) is 4.79 Å². The molecule has 0 aliphatic carbocycles. The number of rotatable bonds is 10. The van der Waals surface area contributed by atoms with Gasteiger partial charge >= 0.3 is 0 Å². The minimum atomic E-state index is -0.0583. The molecule has 0 spiro atoms. The van der Waals surface area contributed by atoms with Gasteiger partial charge in [-0.3, -0.25) is 14.7 Å². The molecule has 3 aromatic rings. The molecule has 1 amide bonds. The predicted octanol–water partition coefficient (Wildman–Crippen LogP) is 3.98. The summed E-state index contributed by atoms with van der Waals surface area (Å²) in [5.74, 6) is -0.0583. The van der Waals surface area contributed by atoms with Crippen molar-refractivity contribution in [2.24, 2.45) is 0 Å². The summed E-state index contributed by atoms with van der Waals surface area (Å²) >= 11 is 0. The zero-order valence-corrected chi connectivity index (χ0v) is 20.2. The van der Waals surface area contributed by atoms with Crippen LogP contribution in [0.4, 0.5) is 5.69 Å². The molecule has 2 aromatic carbocycles. The van der Waals surface area contributed by atoms with E-state index in [2.05, 4.69) is 62.6 Å². The fourth-order valence-corrected chi connectivity index (χ4v) is 4.55. The second-order valence-corrected chi connectivity index (χ2v) is 8.98. The monoisotopic (exact) mass is 469 g/mol. The van der Waals surface area contributed by atoms with E-state index in [0.29, 0.717) is 6.54 Å². The Morgan fingerprint density at radius 1 is 0.943 bits per heavy atom. The summed E-state index contributed by atoms with van der Waals surface area (Å²) in [4.78, 5) is 21.1. The molecule has 1 unspecified atom stereocenters. The molecule has 4 rings (SSSR count). The standard InChI is InChI=1S/C29H35N5O/c30-27-13-11-26(12-14-27)29(25-8-2-1-3-9-25)34-21-19-33(20-22-34)18-5-4-17-32-28(35)15-10-24-7-6-16-31-23-24/h1-3,6-16,23,29H,4-5,17-22,30H2,(H,32,35). The van der Waals surface area contributed by atoms with Crippen molar-refractivity contribution in [1.29, 1.82) is 0 Å². The molecule has 3 N–H and O–H groups in total. The van der Waals surface area contributed by atoms with E-state index in [9.17, 15) is 4.79 Å². The number of amides is 1. The van der Waals surface area contributed by atoms with Gasteiger partial charge < -0.3 is 16.0 Å². The van der Waals surface area contributed by atoms with Gasteiger partial charge in [0.15, 0.2) is 0 Å². The van der Waals surface area contributed by atoms with E-state index in [0.717, 1.165) is 56.8 Å². The number of benzene rings is 2. The summed E-state index contributed by atoms with van der Waals surface area (Å²) in [6, 6.07) is 23.1. The van der Waals surface area contributed by atoms with Crippen molar-refractivity contribution in [3.8, 4) is 0 Å². The van der Waals surface area contributed by atoms with Crippen LogP contribution >= 0.6 is 0 Å². The van der Waals surface area contributed by atoms with Crippen molar-refractivity contribution in [2.45, 2.75) is 18.9 Å². The van der Waals surface area contributed by atoms with E-state index in [1.807, 2.05) is 24.3 Å². The van der Waals surface area contributed by atoms with Crippen molar-refractivity contribution in [3.63, 3.8) is 0 Å². The Bertz CT molecular complexity index is 1060. The normalized spacial score (nSPS) is 15.8. The molecule has 1 fully saturated rings. The van der Waals surface area contributed by atoms with Gasteiger partial charge in [0, 0.05) is 56.9 Å². The first-order chi connectivity index (χ1) is 17.2. The topological polar surface area (TPSA) is 74.5 Å². The number of anilines is 1. The lowest BCUT2D eigenvalue weighted by Crippen LogP contribution is -2.48. The number of carbonyl (C=O) groups excluding carboxylic acids is 1. The van der Waals surface area contributed by atoms with Crippen LogP contribution in [0.3, 0.4) is 0 Å². The van der Waals surface area contributed by atoms with E-state index in [-0.39, 0.29) is 11.9 Å². The maximum Gasteiger partial charge on any atom is 0.243 e. The average Bonchev–Trinajstić information content (AvgIpc) is 2.90. The molecule has 1 aliphatic rings. The van der Waals surface area contributed by atoms with Gasteiger partial charge in [0.05, 0.1) is 6.04 Å². The Morgan fingerprint density at radius 3 is 2.40 bits per heavy atom. The van der Waals surface area contributed by atoms with E-state index in [1.54, 1.807) is 24.5 Å². The molecule has 6 nitrogen and oxygen atoms in total. The quantitative estimate of drug-likeness (QED) is 0.267. The number of hydrogen-bond acceptors (Lipinski definition) is 5. The molecule has 1 aliphatic heterocycles. The van der Waals surface area contributed by atoms with Crippen LogP contribution in [0.1, 0.15) is 35.6 Å². The molecule has 6 heteroatoms. The first-order valence-electron chi connectivity index (χ1n) is 12.4. The fraction of sp³-hybridized carbons (Fsp3) is 0.310. The van der Waals surface area contributed by atoms with Gasteiger partial charge in [-0.25, -0.2) is 0 Å². The Morgan fingerprint density at radius 2 is 1.69 bits per heavy atom. The van der Waals surface area contributed by atoms with Crippen LogP contribution in [0, 0.1) is 0 Å². The Labute approximate surface area is 208 Å². The summed E-state index contributed by atoms with van der Waals surface area (Å²) in [6.45, 7) is 5.92. The van der Waals surface area contributed by atoms with Gasteiger partial charge in [0.2, 0.25) is 5.91 Å². The predicted molar refractivity (Wildman–Crippen MR) is 143 cm³/mol. The van der Waals surface area contributed by atoms with Crippen molar-refractivity contribution < 1.29 is 4.79 Å². The van der Waals surface area contributed by atoms with E-state index in [4.69, 9.17) is 5.73 Å². The third kappa shape index (κ3) is 7.50. The highest BCUT2D eigenvalue weighted by Gasteiger charge is 2.26. The first-order valence-corrected chi connectivity index (χ1v) is 12.4. The van der Waals surface area contributed by atoms with Crippen LogP contribution in [0.15, 0.2) is 85.2 Å². The van der Waals surface area contributed by atoms with E-state index in [1.165, 1.54) is 11.1 Å². The van der Waals surface area contributed by atoms with Crippen molar-refractivity contribution >= 4 is 17.7 Å². The van der Waals surface area contributed by atoms with Crippen molar-refractivity contribution in [3.05, 3.63) is 102 Å². The lowest BCUT2D eigenvalue weighted by Gasteiger charge is -2.40. The summed E-state index contributed by atoms with van der Waals surface area (Å²) in [5, 5.41) is 2.97. The van der Waals surface area contributed by atoms with Gasteiger partial charge in [-0.1, -0.05) is 48.5 Å². The van der Waals surface area contributed by atoms with Gasteiger partial charge in [-0.05, 0) is 60.4 Å². The number of nitrogens with two attached hydrogens (primary N) is 1. The highest BCUT2D eigenvalue weighted by molar-refractivity contribution is 5.91. The number of nitrogen functional groups attached to an aromatic ring is 1. The van der Waals surface area contributed by atoms with E-state index < -0.39 is 0 Å². The number of aromatic nitrogens is 1. The lowest BCUT2D eigenvalue weighted by atomic mass is 9.96. The van der Waals surface area contributed by atoms with Gasteiger partial charge in [-0.15, -0.1) is 0 Å². The third-order valence-electron chi connectivity index (χ3n) is 6.45. The molecule has 2 heterocycles. The SMILES string of the molecule is Nc1ccc(C(c2ccccc2)N2CCN(CCCCNC(=O)C=Cc3cccnc3)CC2)cc1. The molecule has 1 saturated heterocycles. The van der Waals surface area contributed by atoms with Gasteiger partial charge in [0.25, 0.3) is 0 Å². The minimum Gasteiger partial charge on any atom is -0.399 e. The third-order valence-corrected chi connectivity index (χ3v) is 6.45. The van der Waals surface area contributed by atoms with Crippen LogP contribution in [0.25, 0.3) is 6.08 Å². The van der Waals surface area contributed by atoms with Crippen LogP contribution in [0.2, 0.25) is 0 Å². The number of unbranched alkanes of at least 4 members (excludes halogenated alkanes) is 1. The number of hydrogen-bond donors (Lipinski definition) is 2. The van der Waals surface area contributed by atoms with Gasteiger partial charge in [0.1, 0.15) is 0 Å². The molecule has 0 saturated carbocycles. The fourth-order valence-electron chi connectivity index (χ4n) is 4.55. The highest BCUT2D eigenvalue weighted by Crippen LogP contribution is 2.30. The first kappa shape index (κ1) is 24.6. The van der Waals surface area contributed by atoms with Crippen LogP contribution in [-0.4, -0.2) is 60.0 Å². The summed E-state index contributed by atoms with van der Waals surface area (Å²) in [7, 11) is 0. The number of nitrogens with one attached hydrogen (secondary N) is 1. The zero-order valence-electron chi connectivity index (χ0n) is 20.2. The second-order valence-electron chi connectivity index (χ2n) is 8.98.